The van der Waals surface area contributed by atoms with Crippen LogP contribution in [0.15, 0.2) is 18.2 Å². The second-order valence-electron chi connectivity index (χ2n) is 5.31. The van der Waals surface area contributed by atoms with E-state index in [0.29, 0.717) is 11.5 Å². The number of fused-ring (bicyclic) bond motifs is 2. The second kappa shape index (κ2) is 4.59. The van der Waals surface area contributed by atoms with Crippen molar-refractivity contribution in [2.45, 2.75) is 32.1 Å². The van der Waals surface area contributed by atoms with Crippen molar-refractivity contribution in [2.24, 2.45) is 0 Å². The van der Waals surface area contributed by atoms with E-state index in [1.165, 1.54) is 47.4 Å². The number of aromatic nitrogens is 3. The van der Waals surface area contributed by atoms with Crippen molar-refractivity contribution in [3.8, 4) is 10.7 Å². The average molecular weight is 284 g/mol. The van der Waals surface area contributed by atoms with E-state index in [1.54, 1.807) is 6.07 Å². The molecule has 20 heavy (non-hydrogen) atoms. The molecule has 3 heterocycles. The van der Waals surface area contributed by atoms with Crippen molar-refractivity contribution < 1.29 is 0 Å². The van der Waals surface area contributed by atoms with Gasteiger partial charge in [0.1, 0.15) is 5.82 Å². The number of nitrogens with zero attached hydrogens (tertiary/aromatic N) is 2. The SMILES string of the molecule is Nc1ccc2[nH]c(-c3cc4c(s3)CCCCC4)nc2n1. The summed E-state index contributed by atoms with van der Waals surface area (Å²) >= 11 is 1.87. The minimum atomic E-state index is 0.512. The molecule has 0 atom stereocenters. The molecule has 0 aliphatic heterocycles. The fraction of sp³-hybridized carbons (Fsp3) is 0.333. The summed E-state index contributed by atoms with van der Waals surface area (Å²) in [6, 6.07) is 6.03. The molecule has 1 aliphatic carbocycles. The maximum Gasteiger partial charge on any atom is 0.180 e. The number of nitrogen functional groups attached to an aromatic ring is 1. The lowest BCUT2D eigenvalue weighted by molar-refractivity contribution is 0.713. The van der Waals surface area contributed by atoms with Gasteiger partial charge in [-0.05, 0) is 49.4 Å². The summed E-state index contributed by atoms with van der Waals surface area (Å²) in [6.45, 7) is 0. The molecule has 0 unspecified atom stereocenters. The van der Waals surface area contributed by atoms with Gasteiger partial charge in [0.05, 0.1) is 10.4 Å². The molecule has 0 aromatic carbocycles. The molecule has 0 spiro atoms. The van der Waals surface area contributed by atoms with Crippen molar-refractivity contribution in [3.63, 3.8) is 0 Å². The van der Waals surface area contributed by atoms with Crippen LogP contribution in [0.4, 0.5) is 5.82 Å². The zero-order chi connectivity index (χ0) is 13.5. The average Bonchev–Trinajstić information content (AvgIpc) is 2.97. The van der Waals surface area contributed by atoms with Crippen LogP contribution in [-0.2, 0) is 12.8 Å². The lowest BCUT2D eigenvalue weighted by atomic mass is 10.1. The number of aromatic amines is 1. The number of hydrogen-bond donors (Lipinski definition) is 2. The van der Waals surface area contributed by atoms with E-state index in [2.05, 4.69) is 21.0 Å². The third-order valence-corrected chi connectivity index (χ3v) is 5.09. The molecule has 0 saturated carbocycles. The standard InChI is InChI=1S/C15H16N4S/c16-13-7-6-10-14(18-13)19-15(17-10)12-8-9-4-2-1-3-5-11(9)20-12/h6-8H,1-5H2,(H3,16,17,18,19). The zero-order valence-electron chi connectivity index (χ0n) is 11.1. The topological polar surface area (TPSA) is 67.6 Å². The van der Waals surface area contributed by atoms with Gasteiger partial charge in [0.25, 0.3) is 0 Å². The third-order valence-electron chi connectivity index (χ3n) is 3.85. The first-order valence-corrected chi connectivity index (χ1v) is 7.85. The van der Waals surface area contributed by atoms with E-state index in [9.17, 15) is 0 Å². The fourth-order valence-electron chi connectivity index (χ4n) is 2.81. The smallest absolute Gasteiger partial charge is 0.180 e. The van der Waals surface area contributed by atoms with Gasteiger partial charge in [-0.25, -0.2) is 9.97 Å². The maximum absolute atomic E-state index is 5.71. The van der Waals surface area contributed by atoms with Crippen molar-refractivity contribution in [1.29, 1.82) is 0 Å². The molecule has 1 aliphatic rings. The minimum absolute atomic E-state index is 0.512. The predicted octanol–water partition coefficient (Wildman–Crippen LogP) is 3.54. The highest BCUT2D eigenvalue weighted by Crippen LogP contribution is 2.34. The van der Waals surface area contributed by atoms with Gasteiger partial charge in [0.2, 0.25) is 0 Å². The predicted molar refractivity (Wildman–Crippen MR) is 82.9 cm³/mol. The normalized spacial score (nSPS) is 15.2. The van der Waals surface area contributed by atoms with Crippen LogP contribution < -0.4 is 5.73 Å². The Labute approximate surface area is 121 Å². The van der Waals surface area contributed by atoms with Crippen molar-refractivity contribution >= 4 is 28.3 Å². The summed E-state index contributed by atoms with van der Waals surface area (Å²) < 4.78 is 0. The van der Waals surface area contributed by atoms with Crippen LogP contribution in [-0.4, -0.2) is 15.0 Å². The minimum Gasteiger partial charge on any atom is -0.384 e. The summed E-state index contributed by atoms with van der Waals surface area (Å²) in [7, 11) is 0. The van der Waals surface area contributed by atoms with Gasteiger partial charge in [-0.15, -0.1) is 11.3 Å². The van der Waals surface area contributed by atoms with Crippen LogP contribution in [0.25, 0.3) is 21.9 Å². The number of hydrogen-bond acceptors (Lipinski definition) is 4. The molecule has 102 valence electrons. The fourth-order valence-corrected chi connectivity index (χ4v) is 4.01. The summed E-state index contributed by atoms with van der Waals surface area (Å²) in [5.74, 6) is 1.42. The van der Waals surface area contributed by atoms with Crippen LogP contribution in [0.2, 0.25) is 0 Å². The molecule has 0 bridgehead atoms. The molecular weight excluding hydrogens is 268 g/mol. The van der Waals surface area contributed by atoms with Crippen LogP contribution in [0, 0.1) is 0 Å². The van der Waals surface area contributed by atoms with Crippen molar-refractivity contribution in [2.75, 3.05) is 5.73 Å². The first kappa shape index (κ1) is 11.9. The number of nitrogens with one attached hydrogen (secondary N) is 1. The largest absolute Gasteiger partial charge is 0.384 e. The highest BCUT2D eigenvalue weighted by molar-refractivity contribution is 7.15. The van der Waals surface area contributed by atoms with E-state index in [0.717, 1.165) is 11.3 Å². The van der Waals surface area contributed by atoms with Gasteiger partial charge < -0.3 is 10.7 Å². The van der Waals surface area contributed by atoms with E-state index in [1.807, 2.05) is 17.4 Å². The van der Waals surface area contributed by atoms with E-state index in [4.69, 9.17) is 5.73 Å². The van der Waals surface area contributed by atoms with E-state index < -0.39 is 0 Å². The Morgan fingerprint density at radius 3 is 2.95 bits per heavy atom. The summed E-state index contributed by atoms with van der Waals surface area (Å²) in [5, 5.41) is 0. The van der Waals surface area contributed by atoms with E-state index in [-0.39, 0.29) is 0 Å². The Morgan fingerprint density at radius 2 is 2.00 bits per heavy atom. The van der Waals surface area contributed by atoms with Crippen LogP contribution in [0.1, 0.15) is 29.7 Å². The molecule has 0 fully saturated rings. The Hall–Kier alpha value is -1.88. The molecule has 5 heteroatoms. The zero-order valence-corrected chi connectivity index (χ0v) is 12.0. The summed E-state index contributed by atoms with van der Waals surface area (Å²) in [5.41, 5.74) is 8.86. The van der Waals surface area contributed by atoms with Crippen LogP contribution in [0.5, 0.6) is 0 Å². The number of aryl methyl sites for hydroxylation is 2. The highest BCUT2D eigenvalue weighted by atomic mass is 32.1. The van der Waals surface area contributed by atoms with Gasteiger partial charge in [0, 0.05) is 4.88 Å². The lowest BCUT2D eigenvalue weighted by Crippen LogP contribution is -1.88. The summed E-state index contributed by atoms with van der Waals surface area (Å²) in [6.07, 6.45) is 6.39. The Balaban J connectivity index is 1.78. The molecule has 3 aromatic heterocycles. The van der Waals surface area contributed by atoms with Crippen LogP contribution in [0.3, 0.4) is 0 Å². The first-order chi connectivity index (χ1) is 9.79. The molecule has 3 N–H and O–H groups in total. The molecule has 4 rings (SSSR count). The van der Waals surface area contributed by atoms with Crippen LogP contribution >= 0.6 is 11.3 Å². The van der Waals surface area contributed by atoms with Gasteiger partial charge in [-0.2, -0.15) is 0 Å². The maximum atomic E-state index is 5.71. The number of nitrogens with two attached hydrogens (primary N) is 1. The lowest BCUT2D eigenvalue weighted by Gasteiger charge is -1.92. The van der Waals surface area contributed by atoms with Crippen molar-refractivity contribution in [3.05, 3.63) is 28.6 Å². The Bertz CT molecular complexity index is 748. The van der Waals surface area contributed by atoms with E-state index >= 15 is 0 Å². The first-order valence-electron chi connectivity index (χ1n) is 7.04. The number of anilines is 1. The monoisotopic (exact) mass is 284 g/mol. The molecule has 3 aromatic rings. The molecule has 4 nitrogen and oxygen atoms in total. The third kappa shape index (κ3) is 1.98. The second-order valence-corrected chi connectivity index (χ2v) is 6.45. The van der Waals surface area contributed by atoms with Gasteiger partial charge >= 0.3 is 0 Å². The quantitative estimate of drug-likeness (QED) is 0.672. The van der Waals surface area contributed by atoms with Gasteiger partial charge in [0.15, 0.2) is 11.5 Å². The van der Waals surface area contributed by atoms with Gasteiger partial charge in [-0.1, -0.05) is 6.42 Å². The number of thiophene rings is 1. The number of pyridine rings is 1. The Morgan fingerprint density at radius 1 is 1.10 bits per heavy atom. The Kier molecular flexibility index (Phi) is 2.73. The molecule has 0 radical (unpaired) electrons. The summed E-state index contributed by atoms with van der Waals surface area (Å²) in [4.78, 5) is 14.9. The molecule has 0 saturated heterocycles. The number of rotatable bonds is 1. The highest BCUT2D eigenvalue weighted by Gasteiger charge is 2.15. The molecule has 0 amide bonds. The van der Waals surface area contributed by atoms with Crippen molar-refractivity contribution in [1.82, 2.24) is 15.0 Å². The van der Waals surface area contributed by atoms with Gasteiger partial charge in [-0.3, -0.25) is 0 Å². The number of imidazole rings is 1. The number of H-pyrrole nitrogens is 1. The molecular formula is C15H16N4S.